The fraction of sp³-hybridized carbons (Fsp3) is 0. The molecule has 5 heteroatoms. The molecule has 0 spiro atoms. The minimum absolute atomic E-state index is 0.854. The van der Waals surface area contributed by atoms with Crippen LogP contribution in [0.1, 0.15) is 0 Å². The lowest BCUT2D eigenvalue weighted by atomic mass is 9.97. The topological polar surface area (TPSA) is 40.6 Å². The van der Waals surface area contributed by atoms with Crippen molar-refractivity contribution in [1.29, 1.82) is 0 Å². The molecule has 5 aromatic heterocycles. The van der Waals surface area contributed by atoms with Gasteiger partial charge in [0.05, 0.1) is 50.7 Å². The third-order valence-electron chi connectivity index (χ3n) is 11.6. The lowest BCUT2D eigenvalue weighted by Crippen LogP contribution is -2.11. The number of benzene rings is 7. The van der Waals surface area contributed by atoms with Gasteiger partial charge in [-0.15, -0.1) is 0 Å². The molecule has 0 radical (unpaired) electrons. The quantitative estimate of drug-likeness (QED) is 0.177. The Labute approximate surface area is 328 Å². The monoisotopic (exact) mass is 727 g/mol. The maximum absolute atomic E-state index is 5.64. The van der Waals surface area contributed by atoms with E-state index in [2.05, 4.69) is 207 Å². The van der Waals surface area contributed by atoms with Crippen LogP contribution >= 0.6 is 0 Å². The molecule has 0 saturated heterocycles. The van der Waals surface area contributed by atoms with Crippen LogP contribution in [0.3, 0.4) is 0 Å². The summed E-state index contributed by atoms with van der Waals surface area (Å²) in [5.41, 5.74) is 13.1. The summed E-state index contributed by atoms with van der Waals surface area (Å²) in [6.07, 6.45) is 5.83. The summed E-state index contributed by atoms with van der Waals surface area (Å²) in [5, 5.41) is 7.18. The second-order valence-corrected chi connectivity index (χ2v) is 14.6. The SMILES string of the molecule is c1cc(-c2ccncc2)cc(-c2c(-n3c4ccccc4c4ccccc43)cnc(-n3c4ccccc4c4ccccc43)c2-n2c3ccccc3c3ccccc32)c1. The molecule has 0 fully saturated rings. The zero-order valence-electron chi connectivity index (χ0n) is 30.8. The van der Waals surface area contributed by atoms with Gasteiger partial charge in [0.25, 0.3) is 0 Å². The zero-order chi connectivity index (χ0) is 37.5. The van der Waals surface area contributed by atoms with Gasteiger partial charge >= 0.3 is 0 Å². The highest BCUT2D eigenvalue weighted by molar-refractivity contribution is 6.14. The van der Waals surface area contributed by atoms with E-state index >= 15 is 0 Å². The van der Waals surface area contributed by atoms with Crippen LogP contribution in [-0.4, -0.2) is 23.7 Å². The number of aromatic nitrogens is 5. The molecule has 12 aromatic rings. The Morgan fingerprint density at radius 1 is 0.333 bits per heavy atom. The van der Waals surface area contributed by atoms with Crippen molar-refractivity contribution in [3.63, 3.8) is 0 Å². The van der Waals surface area contributed by atoms with E-state index in [-0.39, 0.29) is 0 Å². The van der Waals surface area contributed by atoms with Crippen molar-refractivity contribution in [2.24, 2.45) is 0 Å². The number of pyridine rings is 2. The molecule has 0 unspecified atom stereocenters. The van der Waals surface area contributed by atoms with E-state index in [1.165, 1.54) is 32.3 Å². The van der Waals surface area contributed by atoms with Crippen LogP contribution in [0, 0.1) is 0 Å². The Morgan fingerprint density at radius 2 is 0.737 bits per heavy atom. The van der Waals surface area contributed by atoms with Crippen LogP contribution in [0.25, 0.3) is 105 Å². The molecule has 0 aliphatic rings. The van der Waals surface area contributed by atoms with E-state index in [9.17, 15) is 0 Å². The van der Waals surface area contributed by atoms with Crippen molar-refractivity contribution in [3.05, 3.63) is 201 Å². The number of fused-ring (bicyclic) bond motifs is 9. The first kappa shape index (κ1) is 31.6. The molecule has 0 aliphatic heterocycles. The summed E-state index contributed by atoms with van der Waals surface area (Å²) in [7, 11) is 0. The van der Waals surface area contributed by atoms with Gasteiger partial charge in [-0.25, -0.2) is 4.98 Å². The molecule has 5 heterocycles. The Kier molecular flexibility index (Phi) is 6.86. The van der Waals surface area contributed by atoms with Gasteiger partial charge in [0.15, 0.2) is 5.82 Å². The molecule has 0 amide bonds. The minimum Gasteiger partial charge on any atom is -0.307 e. The van der Waals surface area contributed by atoms with Crippen LogP contribution in [0.4, 0.5) is 0 Å². The van der Waals surface area contributed by atoms with Gasteiger partial charge in [0.1, 0.15) is 0 Å². The van der Waals surface area contributed by atoms with E-state index in [0.717, 1.165) is 72.5 Å². The predicted molar refractivity (Wildman–Crippen MR) is 236 cm³/mol. The normalized spacial score (nSPS) is 11.9. The number of para-hydroxylation sites is 6. The number of rotatable bonds is 5. The largest absolute Gasteiger partial charge is 0.307 e. The van der Waals surface area contributed by atoms with Gasteiger partial charge < -0.3 is 9.13 Å². The Morgan fingerprint density at radius 3 is 1.21 bits per heavy atom. The minimum atomic E-state index is 0.854. The number of nitrogens with zero attached hydrogens (tertiary/aromatic N) is 5. The van der Waals surface area contributed by atoms with Gasteiger partial charge in [-0.05, 0) is 71.3 Å². The smallest absolute Gasteiger partial charge is 0.162 e. The van der Waals surface area contributed by atoms with Crippen molar-refractivity contribution in [1.82, 2.24) is 23.7 Å². The second-order valence-electron chi connectivity index (χ2n) is 14.6. The maximum Gasteiger partial charge on any atom is 0.162 e. The molecule has 0 N–H and O–H groups in total. The molecule has 5 nitrogen and oxygen atoms in total. The summed E-state index contributed by atoms with van der Waals surface area (Å²) < 4.78 is 7.25. The van der Waals surface area contributed by atoms with Crippen molar-refractivity contribution in [3.8, 4) is 39.4 Å². The van der Waals surface area contributed by atoms with Gasteiger partial charge in [0.2, 0.25) is 0 Å². The molecule has 0 aliphatic carbocycles. The van der Waals surface area contributed by atoms with Crippen molar-refractivity contribution >= 4 is 65.4 Å². The first-order chi connectivity index (χ1) is 28.3. The van der Waals surface area contributed by atoms with E-state index in [0.29, 0.717) is 0 Å². The molecular formula is C52H33N5. The number of hydrogen-bond donors (Lipinski definition) is 0. The van der Waals surface area contributed by atoms with Crippen LogP contribution < -0.4 is 0 Å². The molecule has 266 valence electrons. The van der Waals surface area contributed by atoms with Gasteiger partial charge in [-0.3, -0.25) is 9.55 Å². The summed E-state index contributed by atoms with van der Waals surface area (Å²) >= 11 is 0. The second kappa shape index (κ2) is 12.4. The van der Waals surface area contributed by atoms with Crippen molar-refractivity contribution < 1.29 is 0 Å². The fourth-order valence-electron chi connectivity index (χ4n) is 9.21. The van der Waals surface area contributed by atoms with Crippen LogP contribution in [-0.2, 0) is 0 Å². The van der Waals surface area contributed by atoms with Gasteiger partial charge in [0, 0.05) is 50.3 Å². The first-order valence-corrected chi connectivity index (χ1v) is 19.3. The standard InChI is InChI=1S/C52H33N5/c1-7-22-43-37(16-1)38-17-2-8-23-44(38)55(43)49-33-54-52(57-47-26-11-5-20-41(47)42-21-6-12-27-48(42)57)51(50(49)36-15-13-14-35(32-36)34-28-30-53-31-29-34)56-45-24-9-3-18-39(45)40-19-4-10-25-46(40)56/h1-33H. The maximum atomic E-state index is 5.64. The van der Waals surface area contributed by atoms with Crippen molar-refractivity contribution in [2.45, 2.75) is 0 Å². The van der Waals surface area contributed by atoms with Crippen LogP contribution in [0.5, 0.6) is 0 Å². The third-order valence-corrected chi connectivity index (χ3v) is 11.6. The molecule has 57 heavy (non-hydrogen) atoms. The van der Waals surface area contributed by atoms with Crippen LogP contribution in [0.2, 0.25) is 0 Å². The van der Waals surface area contributed by atoms with Gasteiger partial charge in [-0.1, -0.05) is 127 Å². The molecular weight excluding hydrogens is 695 g/mol. The van der Waals surface area contributed by atoms with Crippen LogP contribution in [0.15, 0.2) is 201 Å². The van der Waals surface area contributed by atoms with E-state index in [1.54, 1.807) is 0 Å². The van der Waals surface area contributed by atoms with Crippen molar-refractivity contribution in [2.75, 3.05) is 0 Å². The third kappa shape index (κ3) is 4.63. The Bertz CT molecular complexity index is 3370. The fourth-order valence-corrected chi connectivity index (χ4v) is 9.21. The highest BCUT2D eigenvalue weighted by Crippen LogP contribution is 2.45. The Balaban J connectivity index is 1.33. The molecule has 12 rings (SSSR count). The first-order valence-electron chi connectivity index (χ1n) is 19.3. The van der Waals surface area contributed by atoms with Gasteiger partial charge in [-0.2, -0.15) is 0 Å². The molecule has 7 aromatic carbocycles. The zero-order valence-corrected chi connectivity index (χ0v) is 30.8. The van der Waals surface area contributed by atoms with E-state index in [4.69, 9.17) is 4.98 Å². The summed E-state index contributed by atoms with van der Waals surface area (Å²) in [6, 6.07) is 65.5. The Hall–Kier alpha value is -7.76. The predicted octanol–water partition coefficient (Wildman–Crippen LogP) is 13.1. The van der Waals surface area contributed by atoms with E-state index < -0.39 is 0 Å². The van der Waals surface area contributed by atoms with E-state index in [1.807, 2.05) is 12.4 Å². The summed E-state index contributed by atoms with van der Waals surface area (Å²) in [6.45, 7) is 0. The number of hydrogen-bond acceptors (Lipinski definition) is 2. The highest BCUT2D eigenvalue weighted by Gasteiger charge is 2.27. The molecule has 0 atom stereocenters. The average molecular weight is 728 g/mol. The average Bonchev–Trinajstić information content (AvgIpc) is 3.92. The summed E-state index contributed by atoms with van der Waals surface area (Å²) in [4.78, 5) is 9.98. The summed E-state index contributed by atoms with van der Waals surface area (Å²) in [5.74, 6) is 0.854. The molecule has 0 saturated carbocycles. The lowest BCUT2D eigenvalue weighted by Gasteiger charge is -2.23. The highest BCUT2D eigenvalue weighted by atomic mass is 15.1. The lowest BCUT2D eigenvalue weighted by molar-refractivity contribution is 1.01. The molecule has 0 bridgehead atoms.